The lowest BCUT2D eigenvalue weighted by Crippen LogP contribution is -2.48. The Morgan fingerprint density at radius 1 is 1.05 bits per heavy atom. The summed E-state index contributed by atoms with van der Waals surface area (Å²) in [4.78, 5) is 45.1. The van der Waals surface area contributed by atoms with Crippen LogP contribution in [0.5, 0.6) is 5.75 Å². The Balaban J connectivity index is 1.74. The molecule has 11 heteroatoms. The molecule has 0 saturated heterocycles. The Morgan fingerprint density at radius 2 is 1.83 bits per heavy atom. The summed E-state index contributed by atoms with van der Waals surface area (Å²) in [5.74, 6) is -0.364. The molecule has 0 aliphatic carbocycles. The SMILES string of the molecule is CNCC(=O)NC(C)C(=O)N(Cc1c(OC)ccc2cc(Br)ccc12)c1ccccc1NC(=O)Cc1ccc(Cl)nc1. The van der Waals surface area contributed by atoms with Crippen LogP contribution >= 0.6 is 27.5 Å². The van der Waals surface area contributed by atoms with Crippen LogP contribution < -0.4 is 25.6 Å². The minimum absolute atomic E-state index is 0.0644. The van der Waals surface area contributed by atoms with Crippen LogP contribution in [0.2, 0.25) is 5.15 Å². The molecular weight excluding hydrogens is 622 g/mol. The van der Waals surface area contributed by atoms with Gasteiger partial charge >= 0.3 is 0 Å². The lowest BCUT2D eigenvalue weighted by atomic mass is 10.0. The van der Waals surface area contributed by atoms with Gasteiger partial charge in [-0.2, -0.15) is 0 Å². The molecule has 1 aromatic heterocycles. The Hall–Kier alpha value is -3.99. The van der Waals surface area contributed by atoms with Gasteiger partial charge in [0, 0.05) is 16.2 Å². The maximum Gasteiger partial charge on any atom is 0.249 e. The second-order valence-corrected chi connectivity index (χ2v) is 10.9. The highest BCUT2D eigenvalue weighted by molar-refractivity contribution is 9.10. The van der Waals surface area contributed by atoms with Crippen LogP contribution in [0.4, 0.5) is 11.4 Å². The number of rotatable bonds is 11. The molecule has 9 nitrogen and oxygen atoms in total. The van der Waals surface area contributed by atoms with E-state index in [2.05, 4.69) is 36.9 Å². The number of likely N-dealkylation sites (N-methyl/N-ethyl adjacent to an activating group) is 1. The molecule has 0 fully saturated rings. The molecule has 3 amide bonds. The van der Waals surface area contributed by atoms with Crippen LogP contribution in [0.3, 0.4) is 0 Å². The van der Waals surface area contributed by atoms with Gasteiger partial charge in [-0.3, -0.25) is 14.4 Å². The predicted octanol–water partition coefficient (Wildman–Crippen LogP) is 5.10. The highest BCUT2D eigenvalue weighted by atomic mass is 79.9. The largest absolute Gasteiger partial charge is 0.496 e. The number of nitrogens with zero attached hydrogens (tertiary/aromatic N) is 2. The van der Waals surface area contributed by atoms with E-state index in [1.807, 2.05) is 30.3 Å². The summed E-state index contributed by atoms with van der Waals surface area (Å²) in [6.45, 7) is 1.81. The average Bonchev–Trinajstić information content (AvgIpc) is 2.97. The van der Waals surface area contributed by atoms with E-state index in [-0.39, 0.29) is 37.2 Å². The Bertz CT molecular complexity index is 1600. The summed E-state index contributed by atoms with van der Waals surface area (Å²) in [6.07, 6.45) is 1.61. The molecular formula is C31H31BrClN5O4. The highest BCUT2D eigenvalue weighted by Gasteiger charge is 2.27. The van der Waals surface area contributed by atoms with Gasteiger partial charge in [-0.05, 0) is 66.7 Å². The average molecular weight is 653 g/mol. The molecule has 1 atom stereocenters. The first-order valence-corrected chi connectivity index (χ1v) is 14.4. The van der Waals surface area contributed by atoms with Gasteiger partial charge in [0.05, 0.1) is 38.0 Å². The molecule has 0 aliphatic heterocycles. The van der Waals surface area contributed by atoms with E-state index in [0.717, 1.165) is 20.8 Å². The molecule has 4 aromatic rings. The zero-order valence-corrected chi connectivity index (χ0v) is 25.8. The van der Waals surface area contributed by atoms with E-state index in [0.29, 0.717) is 27.8 Å². The van der Waals surface area contributed by atoms with E-state index in [1.165, 1.54) is 0 Å². The number of carbonyl (C=O) groups excluding carboxylic acids is 3. The third-order valence-electron chi connectivity index (χ3n) is 6.56. The quantitative estimate of drug-likeness (QED) is 0.195. The van der Waals surface area contributed by atoms with E-state index < -0.39 is 6.04 Å². The normalized spacial score (nSPS) is 11.5. The minimum Gasteiger partial charge on any atom is -0.496 e. The Kier molecular flexibility index (Phi) is 10.5. The molecule has 4 rings (SSSR count). The van der Waals surface area contributed by atoms with E-state index >= 15 is 0 Å². The molecule has 3 aromatic carbocycles. The van der Waals surface area contributed by atoms with Gasteiger partial charge in [-0.1, -0.05) is 57.9 Å². The Morgan fingerprint density at radius 3 is 2.55 bits per heavy atom. The summed E-state index contributed by atoms with van der Waals surface area (Å²) in [7, 11) is 3.23. The van der Waals surface area contributed by atoms with E-state index in [4.69, 9.17) is 16.3 Å². The highest BCUT2D eigenvalue weighted by Crippen LogP contribution is 2.34. The number of carbonyl (C=O) groups is 3. The number of halogens is 2. The summed E-state index contributed by atoms with van der Waals surface area (Å²) in [5.41, 5.74) is 2.37. The van der Waals surface area contributed by atoms with Crippen LogP contribution in [0.25, 0.3) is 10.8 Å². The van der Waals surface area contributed by atoms with Crippen molar-refractivity contribution in [2.45, 2.75) is 25.9 Å². The monoisotopic (exact) mass is 651 g/mol. The number of nitrogens with one attached hydrogen (secondary N) is 3. The fraction of sp³-hybridized carbons (Fsp3) is 0.226. The summed E-state index contributed by atoms with van der Waals surface area (Å²) in [5, 5.41) is 10.7. The van der Waals surface area contributed by atoms with Gasteiger partial charge in [0.25, 0.3) is 0 Å². The van der Waals surface area contributed by atoms with Crippen molar-refractivity contribution >= 4 is 67.4 Å². The molecule has 42 heavy (non-hydrogen) atoms. The smallest absolute Gasteiger partial charge is 0.249 e. The first-order chi connectivity index (χ1) is 20.2. The third-order valence-corrected chi connectivity index (χ3v) is 7.28. The molecule has 0 bridgehead atoms. The number of methoxy groups -OCH3 is 1. The van der Waals surface area contributed by atoms with Crippen LogP contribution in [-0.4, -0.2) is 49.4 Å². The number of amides is 3. The standard InChI is InChI=1S/C31H31BrClN5O4/c1-19(36-30(40)17-34-2)31(41)38(18-24-23-11-10-22(32)15-21(23)9-12-27(24)42-3)26-7-5-4-6-25(26)37-29(39)14-20-8-13-28(33)35-16-20/h4-13,15-16,19,34H,14,17-18H2,1-3H3,(H,36,40)(H,37,39). The summed E-state index contributed by atoms with van der Waals surface area (Å²) < 4.78 is 6.63. The summed E-state index contributed by atoms with van der Waals surface area (Å²) >= 11 is 9.41. The van der Waals surface area contributed by atoms with Crippen LogP contribution in [0.15, 0.2) is 77.4 Å². The first-order valence-electron chi connectivity index (χ1n) is 13.2. The van der Waals surface area contributed by atoms with E-state index in [1.54, 1.807) is 68.6 Å². The number of fused-ring (bicyclic) bond motifs is 1. The molecule has 1 unspecified atom stereocenters. The van der Waals surface area contributed by atoms with Crippen molar-refractivity contribution in [3.8, 4) is 5.75 Å². The molecule has 0 saturated carbocycles. The van der Waals surface area contributed by atoms with Gasteiger partial charge < -0.3 is 25.6 Å². The van der Waals surface area contributed by atoms with Crippen LogP contribution in [-0.2, 0) is 27.3 Å². The van der Waals surface area contributed by atoms with Gasteiger partial charge in [0.1, 0.15) is 16.9 Å². The van der Waals surface area contributed by atoms with Crippen LogP contribution in [0, 0.1) is 0 Å². The number of pyridine rings is 1. The van der Waals surface area contributed by atoms with Crippen molar-refractivity contribution in [3.05, 3.63) is 93.7 Å². The van der Waals surface area contributed by atoms with Crippen molar-refractivity contribution in [1.29, 1.82) is 0 Å². The lowest BCUT2D eigenvalue weighted by molar-refractivity contribution is -0.126. The van der Waals surface area contributed by atoms with Gasteiger partial charge in [-0.25, -0.2) is 4.98 Å². The number of hydrogen-bond acceptors (Lipinski definition) is 6. The molecule has 3 N–H and O–H groups in total. The predicted molar refractivity (Wildman–Crippen MR) is 169 cm³/mol. The van der Waals surface area contributed by atoms with Gasteiger partial charge in [-0.15, -0.1) is 0 Å². The first kappa shape index (κ1) is 31.0. The molecule has 1 heterocycles. The molecule has 0 spiro atoms. The number of anilines is 2. The summed E-state index contributed by atoms with van der Waals surface area (Å²) in [6, 6.07) is 19.3. The zero-order chi connectivity index (χ0) is 30.2. The van der Waals surface area contributed by atoms with Crippen molar-refractivity contribution in [2.24, 2.45) is 0 Å². The number of benzene rings is 3. The van der Waals surface area contributed by atoms with Gasteiger partial charge in [0.2, 0.25) is 17.7 Å². The van der Waals surface area contributed by atoms with Crippen molar-refractivity contribution in [1.82, 2.24) is 15.6 Å². The van der Waals surface area contributed by atoms with Crippen molar-refractivity contribution in [3.63, 3.8) is 0 Å². The molecule has 218 valence electrons. The van der Waals surface area contributed by atoms with Crippen molar-refractivity contribution < 1.29 is 19.1 Å². The second-order valence-electron chi connectivity index (χ2n) is 9.59. The maximum absolute atomic E-state index is 14.0. The van der Waals surface area contributed by atoms with Crippen molar-refractivity contribution in [2.75, 3.05) is 30.9 Å². The fourth-order valence-corrected chi connectivity index (χ4v) is 5.08. The molecule has 0 aliphatic rings. The number of hydrogen-bond donors (Lipinski definition) is 3. The topological polar surface area (TPSA) is 113 Å². The fourth-order valence-electron chi connectivity index (χ4n) is 4.59. The molecule has 0 radical (unpaired) electrons. The number of para-hydroxylation sites is 2. The lowest BCUT2D eigenvalue weighted by Gasteiger charge is -2.29. The van der Waals surface area contributed by atoms with Crippen LogP contribution in [0.1, 0.15) is 18.1 Å². The number of aromatic nitrogens is 1. The van der Waals surface area contributed by atoms with E-state index in [9.17, 15) is 14.4 Å². The third kappa shape index (κ3) is 7.64. The minimum atomic E-state index is -0.857. The Labute approximate surface area is 257 Å². The maximum atomic E-state index is 14.0. The van der Waals surface area contributed by atoms with Gasteiger partial charge in [0.15, 0.2) is 0 Å². The number of ether oxygens (including phenoxy) is 1. The second kappa shape index (κ2) is 14.3. The zero-order valence-electron chi connectivity index (χ0n) is 23.4.